The number of aromatic nitrogens is 5. The number of nitrogens with one attached hydrogen (secondary N) is 3. The van der Waals surface area contributed by atoms with E-state index >= 15 is 0 Å². The molecule has 162 valence electrons. The quantitative estimate of drug-likeness (QED) is 0.483. The van der Waals surface area contributed by atoms with Crippen LogP contribution < -0.4 is 16.0 Å². The summed E-state index contributed by atoms with van der Waals surface area (Å²) in [7, 11) is -3.73. The van der Waals surface area contributed by atoms with Crippen LogP contribution in [0.5, 0.6) is 0 Å². The molecule has 0 radical (unpaired) electrons. The van der Waals surface area contributed by atoms with E-state index in [1.165, 1.54) is 30.5 Å². The van der Waals surface area contributed by atoms with Crippen LogP contribution in [0, 0.1) is 0 Å². The van der Waals surface area contributed by atoms with Crippen LogP contribution in [-0.4, -0.2) is 52.9 Å². The van der Waals surface area contributed by atoms with Crippen LogP contribution in [0.25, 0.3) is 0 Å². The third kappa shape index (κ3) is 5.22. The Morgan fingerprint density at radius 1 is 1.10 bits per heavy atom. The van der Waals surface area contributed by atoms with E-state index in [2.05, 4.69) is 36.0 Å². The zero-order valence-electron chi connectivity index (χ0n) is 18.7. The Morgan fingerprint density at radius 2 is 1.87 bits per heavy atom. The van der Waals surface area contributed by atoms with Gasteiger partial charge in [-0.3, -0.25) is 4.79 Å². The highest BCUT2D eigenvalue weighted by Crippen LogP contribution is 2.26. The van der Waals surface area contributed by atoms with Gasteiger partial charge in [-0.05, 0) is 24.3 Å². The fourth-order valence-electron chi connectivity index (χ4n) is 2.34. The second-order valence-corrected chi connectivity index (χ2v) is 7.95. The van der Waals surface area contributed by atoms with Crippen LogP contribution in [0.15, 0.2) is 41.4 Å². The minimum atomic E-state index is -3.73. The van der Waals surface area contributed by atoms with Crippen molar-refractivity contribution >= 4 is 38.9 Å². The summed E-state index contributed by atoms with van der Waals surface area (Å²) in [6.45, 7) is -2.84. The monoisotopic (exact) mass is 453 g/mol. The number of hydrogen-bond acceptors (Lipinski definition) is 10. The number of alkyl halides is 2. The number of pyridine rings is 1. The molecule has 0 aromatic carbocycles. The Hall–Kier alpha value is -3.81. The number of rotatable bonds is 7. The number of hydrogen-bond donors (Lipinski definition) is 3. The summed E-state index contributed by atoms with van der Waals surface area (Å²) in [5.74, 6) is -1.32. The summed E-state index contributed by atoms with van der Waals surface area (Å²) >= 11 is 0. The predicted octanol–water partition coefficient (Wildman–Crippen LogP) is 1.85. The summed E-state index contributed by atoms with van der Waals surface area (Å²) < 4.78 is 71.2. The third-order valence-electron chi connectivity index (χ3n) is 3.71. The van der Waals surface area contributed by atoms with Gasteiger partial charge in [-0.15, -0.1) is 20.4 Å². The lowest BCUT2D eigenvalue weighted by atomic mass is 10.3. The van der Waals surface area contributed by atoms with Gasteiger partial charge in [0.2, 0.25) is 0 Å². The van der Waals surface area contributed by atoms with Crippen molar-refractivity contribution in [1.82, 2.24) is 30.7 Å². The maximum Gasteiger partial charge on any atom is 0.282 e. The number of halogens is 2. The van der Waals surface area contributed by atoms with Crippen LogP contribution in [0.1, 0.15) is 26.7 Å². The van der Waals surface area contributed by atoms with Gasteiger partial charge in [0.1, 0.15) is 16.4 Å². The Morgan fingerprint density at radius 3 is 2.52 bits per heavy atom. The zero-order chi connectivity index (χ0) is 25.1. The molecule has 3 heterocycles. The smallest absolute Gasteiger partial charge is 0.282 e. The lowest BCUT2D eigenvalue weighted by Gasteiger charge is -2.13. The molecule has 0 aliphatic carbocycles. The van der Waals surface area contributed by atoms with Crippen molar-refractivity contribution in [3.05, 3.63) is 47.9 Å². The van der Waals surface area contributed by atoms with E-state index in [0.29, 0.717) is 0 Å². The van der Waals surface area contributed by atoms with Gasteiger partial charge in [-0.25, -0.2) is 22.2 Å². The molecule has 0 aliphatic rings. The molecule has 3 rings (SSSR count). The standard InChI is InChI=1S/C17H16F2N8O3S/c1-20-17(28)14-10(22-16-11(31(2,29)30)4-3-7-21-16)8-13(26-27-14)23-12-6-5-9(15(18)19)24-25-12/h3-8,15H,1-2H3,(H,20,28)(H2,21,22,23,25,26)/i1D3. The lowest BCUT2D eigenvalue weighted by Crippen LogP contribution is -2.22. The van der Waals surface area contributed by atoms with Gasteiger partial charge in [0, 0.05) is 29.6 Å². The van der Waals surface area contributed by atoms with E-state index < -0.39 is 40.5 Å². The average molecular weight is 453 g/mol. The zero-order valence-corrected chi connectivity index (χ0v) is 16.5. The maximum absolute atomic E-state index is 12.7. The highest BCUT2D eigenvalue weighted by molar-refractivity contribution is 7.90. The molecular weight excluding hydrogens is 434 g/mol. The van der Waals surface area contributed by atoms with Crippen LogP contribution >= 0.6 is 0 Å². The van der Waals surface area contributed by atoms with E-state index in [1.54, 1.807) is 5.32 Å². The molecule has 0 atom stereocenters. The largest absolute Gasteiger partial charge is 0.354 e. The van der Waals surface area contributed by atoms with Gasteiger partial charge in [0.05, 0.1) is 5.69 Å². The van der Waals surface area contributed by atoms with Crippen LogP contribution in [-0.2, 0) is 9.84 Å². The molecule has 3 aromatic heterocycles. The molecule has 3 N–H and O–H groups in total. The van der Waals surface area contributed by atoms with Gasteiger partial charge in [0.15, 0.2) is 27.2 Å². The van der Waals surface area contributed by atoms with Crippen LogP contribution in [0.2, 0.25) is 0 Å². The molecule has 11 nitrogen and oxygen atoms in total. The van der Waals surface area contributed by atoms with E-state index in [1.807, 2.05) is 0 Å². The third-order valence-corrected chi connectivity index (χ3v) is 4.84. The van der Waals surface area contributed by atoms with Crippen molar-refractivity contribution in [2.75, 3.05) is 23.9 Å². The molecule has 14 heteroatoms. The first-order chi connectivity index (χ1) is 15.8. The Balaban J connectivity index is 2.01. The molecule has 1 amide bonds. The van der Waals surface area contributed by atoms with Crippen LogP contribution in [0.3, 0.4) is 0 Å². The highest BCUT2D eigenvalue weighted by atomic mass is 32.2. The summed E-state index contributed by atoms with van der Waals surface area (Å²) in [6.07, 6.45) is -0.556. The normalized spacial score (nSPS) is 13.1. The van der Waals surface area contributed by atoms with Crippen molar-refractivity contribution in [1.29, 1.82) is 0 Å². The van der Waals surface area contributed by atoms with Gasteiger partial charge in [-0.1, -0.05) is 0 Å². The van der Waals surface area contributed by atoms with Crippen molar-refractivity contribution < 1.29 is 26.1 Å². The number of carbonyl (C=O) groups excluding carboxylic acids is 1. The molecule has 0 saturated heterocycles. The first kappa shape index (κ1) is 18.0. The van der Waals surface area contributed by atoms with Gasteiger partial charge < -0.3 is 16.0 Å². The summed E-state index contributed by atoms with van der Waals surface area (Å²) in [6, 6.07) is 6.12. The van der Waals surface area contributed by atoms with Gasteiger partial charge >= 0.3 is 0 Å². The molecular formula is C17H16F2N8O3S. The minimum Gasteiger partial charge on any atom is -0.354 e. The van der Waals surface area contributed by atoms with Gasteiger partial charge in [-0.2, -0.15) is 0 Å². The summed E-state index contributed by atoms with van der Waals surface area (Å²) in [5, 5.41) is 21.5. The lowest BCUT2D eigenvalue weighted by molar-refractivity contribution is 0.0958. The maximum atomic E-state index is 12.7. The van der Waals surface area contributed by atoms with Crippen molar-refractivity contribution in [3.8, 4) is 0 Å². The first-order valence-electron chi connectivity index (χ1n) is 9.84. The number of carbonyl (C=O) groups is 1. The minimum absolute atomic E-state index is 0.0130. The predicted molar refractivity (Wildman–Crippen MR) is 106 cm³/mol. The number of nitrogens with zero attached hydrogens (tertiary/aromatic N) is 5. The fourth-order valence-corrected chi connectivity index (χ4v) is 3.12. The number of anilines is 4. The van der Waals surface area contributed by atoms with E-state index in [0.717, 1.165) is 12.3 Å². The van der Waals surface area contributed by atoms with Crippen molar-refractivity contribution in [2.45, 2.75) is 11.3 Å². The topological polar surface area (TPSA) is 152 Å². The SMILES string of the molecule is [2H]C([2H])([2H])NC(=O)c1nnc(Nc2ccc(C(F)F)nn2)cc1Nc1ncccc1S(C)(=O)=O. The van der Waals surface area contributed by atoms with E-state index in [-0.39, 0.29) is 28.0 Å². The molecule has 31 heavy (non-hydrogen) atoms. The summed E-state index contributed by atoms with van der Waals surface area (Å²) in [5.41, 5.74) is -1.18. The van der Waals surface area contributed by atoms with Crippen molar-refractivity contribution in [2.24, 2.45) is 0 Å². The summed E-state index contributed by atoms with van der Waals surface area (Å²) in [4.78, 5) is 16.2. The van der Waals surface area contributed by atoms with Crippen LogP contribution in [0.4, 0.5) is 31.9 Å². The van der Waals surface area contributed by atoms with Crippen molar-refractivity contribution in [3.63, 3.8) is 0 Å². The Labute approximate surface area is 179 Å². The Bertz CT molecular complexity index is 1310. The van der Waals surface area contributed by atoms with Gasteiger partial charge in [0.25, 0.3) is 12.3 Å². The fraction of sp³-hybridized carbons (Fsp3) is 0.176. The molecule has 0 bridgehead atoms. The first-order valence-corrected chi connectivity index (χ1v) is 10.2. The molecule has 0 spiro atoms. The molecule has 3 aromatic rings. The van der Waals surface area contributed by atoms with E-state index in [9.17, 15) is 22.0 Å². The second kappa shape index (κ2) is 8.91. The molecule has 0 unspecified atom stereocenters. The second-order valence-electron chi connectivity index (χ2n) is 5.96. The highest BCUT2D eigenvalue weighted by Gasteiger charge is 2.19. The Kier molecular flexibility index (Phi) is 5.17. The molecule has 0 fully saturated rings. The molecule has 0 saturated carbocycles. The number of amides is 1. The average Bonchev–Trinajstić information content (AvgIpc) is 2.72. The number of sulfone groups is 1. The van der Waals surface area contributed by atoms with E-state index in [4.69, 9.17) is 4.11 Å². The molecule has 0 aliphatic heterocycles.